The van der Waals surface area contributed by atoms with Crippen LogP contribution in [0.25, 0.3) is 0 Å². The zero-order valence-electron chi connectivity index (χ0n) is 12.4. The Labute approximate surface area is 129 Å². The summed E-state index contributed by atoms with van der Waals surface area (Å²) < 4.78 is 40.3. The number of halogens is 2. The first kappa shape index (κ1) is 15.6. The van der Waals surface area contributed by atoms with Crippen molar-refractivity contribution in [1.29, 1.82) is 0 Å². The number of benzene rings is 1. The van der Waals surface area contributed by atoms with E-state index in [-0.39, 0.29) is 11.9 Å². The van der Waals surface area contributed by atoms with Gasteiger partial charge in [0, 0.05) is 26.2 Å². The topological polar surface area (TPSA) is 30.9 Å². The van der Waals surface area contributed by atoms with Crippen LogP contribution in [-0.4, -0.2) is 51.0 Å². The molecule has 2 aliphatic rings. The zero-order chi connectivity index (χ0) is 15.4. The molecule has 122 valence electrons. The summed E-state index contributed by atoms with van der Waals surface area (Å²) in [5.74, 6) is 0.768. The summed E-state index contributed by atoms with van der Waals surface area (Å²) in [6, 6.07) is 6.79. The Bertz CT molecular complexity index is 480. The first-order chi connectivity index (χ1) is 10.7. The van der Waals surface area contributed by atoms with Crippen LogP contribution in [0.4, 0.5) is 8.78 Å². The monoisotopic (exact) mass is 313 g/mol. The molecule has 0 unspecified atom stereocenters. The lowest BCUT2D eigenvalue weighted by atomic mass is 10.0. The van der Waals surface area contributed by atoms with Crippen LogP contribution in [0.15, 0.2) is 24.3 Å². The van der Waals surface area contributed by atoms with Crippen molar-refractivity contribution in [3.05, 3.63) is 29.8 Å². The van der Waals surface area contributed by atoms with Crippen LogP contribution < -0.4 is 4.74 Å². The molecule has 0 aromatic heterocycles. The third kappa shape index (κ3) is 4.15. The van der Waals surface area contributed by atoms with Crippen LogP contribution in [0, 0.1) is 5.92 Å². The highest BCUT2D eigenvalue weighted by atomic mass is 19.3. The molecule has 0 amide bonds. The van der Waals surface area contributed by atoms with Gasteiger partial charge in [-0.25, -0.2) is 0 Å². The van der Waals surface area contributed by atoms with Crippen LogP contribution in [0.3, 0.4) is 0 Å². The van der Waals surface area contributed by atoms with Gasteiger partial charge in [-0.3, -0.25) is 4.90 Å². The maximum atomic E-state index is 12.3. The molecular weight excluding hydrogens is 292 g/mol. The van der Waals surface area contributed by atoms with Crippen LogP contribution in [-0.2, 0) is 9.47 Å². The molecular formula is C16H21F2NO3. The van der Waals surface area contributed by atoms with Crippen molar-refractivity contribution in [2.45, 2.75) is 19.1 Å². The first-order valence-electron chi connectivity index (χ1n) is 7.67. The molecule has 0 aliphatic carbocycles. The van der Waals surface area contributed by atoms with Crippen LogP contribution >= 0.6 is 0 Å². The normalized spacial score (nSPS) is 26.5. The predicted molar refractivity (Wildman–Crippen MR) is 77.1 cm³/mol. The minimum Gasteiger partial charge on any atom is -0.435 e. The van der Waals surface area contributed by atoms with E-state index < -0.39 is 6.61 Å². The molecule has 2 saturated heterocycles. The summed E-state index contributed by atoms with van der Waals surface area (Å²) in [4.78, 5) is 2.37. The van der Waals surface area contributed by atoms with Crippen molar-refractivity contribution >= 4 is 0 Å². The summed E-state index contributed by atoms with van der Waals surface area (Å²) in [5.41, 5.74) is 0.880. The molecule has 2 fully saturated rings. The predicted octanol–water partition coefficient (Wildman–Crippen LogP) is 2.70. The molecule has 3 rings (SSSR count). The van der Waals surface area contributed by atoms with Crippen molar-refractivity contribution in [3.63, 3.8) is 0 Å². The van der Waals surface area contributed by atoms with Gasteiger partial charge in [-0.05, 0) is 30.0 Å². The zero-order valence-corrected chi connectivity index (χ0v) is 12.4. The molecule has 0 bridgehead atoms. The fourth-order valence-corrected chi connectivity index (χ4v) is 3.05. The van der Waals surface area contributed by atoms with Crippen LogP contribution in [0.1, 0.15) is 18.1 Å². The minimum atomic E-state index is -2.80. The standard InChI is InChI=1S/C16H21F2NO3/c17-16(18)22-14-3-1-2-13(8-14)15-10-19(5-7-21-15)9-12-4-6-20-11-12/h1-3,8,12,15-16H,4-7,9-11H2/t12-,15+/m0/s1. The Balaban J connectivity index is 1.61. The lowest BCUT2D eigenvalue weighted by molar-refractivity contribution is -0.0510. The van der Waals surface area contributed by atoms with Gasteiger partial charge in [0.05, 0.1) is 19.3 Å². The second-order valence-electron chi connectivity index (χ2n) is 5.80. The number of hydrogen-bond donors (Lipinski definition) is 0. The molecule has 2 atom stereocenters. The van der Waals surface area contributed by atoms with Gasteiger partial charge < -0.3 is 14.2 Å². The van der Waals surface area contributed by atoms with Gasteiger partial charge in [0.1, 0.15) is 5.75 Å². The second kappa shape index (κ2) is 7.35. The lowest BCUT2D eigenvalue weighted by Crippen LogP contribution is -2.41. The van der Waals surface area contributed by atoms with E-state index in [9.17, 15) is 8.78 Å². The molecule has 0 N–H and O–H groups in total. The summed E-state index contributed by atoms with van der Waals surface area (Å²) in [6.45, 7) is 2.21. The van der Waals surface area contributed by atoms with E-state index in [4.69, 9.17) is 9.47 Å². The van der Waals surface area contributed by atoms with Crippen molar-refractivity contribution in [3.8, 4) is 5.75 Å². The SMILES string of the molecule is FC(F)Oc1cccc([C@H]2CN(C[C@@H]3CCOC3)CCO2)c1. The molecule has 2 heterocycles. The summed E-state index contributed by atoms with van der Waals surface area (Å²) in [6.07, 6.45) is 1.01. The Kier molecular flexibility index (Phi) is 5.23. The number of rotatable bonds is 5. The van der Waals surface area contributed by atoms with Gasteiger partial charge in [0.2, 0.25) is 0 Å². The van der Waals surface area contributed by atoms with E-state index in [1.54, 1.807) is 12.1 Å². The van der Waals surface area contributed by atoms with Crippen LogP contribution in [0.2, 0.25) is 0 Å². The van der Waals surface area contributed by atoms with E-state index in [0.29, 0.717) is 12.5 Å². The quantitative estimate of drug-likeness (QED) is 0.836. The van der Waals surface area contributed by atoms with Crippen molar-refractivity contribution in [1.82, 2.24) is 4.90 Å². The van der Waals surface area contributed by atoms with E-state index in [2.05, 4.69) is 9.64 Å². The highest BCUT2D eigenvalue weighted by Crippen LogP contribution is 2.27. The van der Waals surface area contributed by atoms with Crippen molar-refractivity contribution in [2.24, 2.45) is 5.92 Å². The van der Waals surface area contributed by atoms with Gasteiger partial charge in [0.25, 0.3) is 0 Å². The maximum absolute atomic E-state index is 12.3. The average molecular weight is 313 g/mol. The largest absolute Gasteiger partial charge is 0.435 e. The lowest BCUT2D eigenvalue weighted by Gasteiger charge is -2.34. The number of alkyl halides is 2. The number of ether oxygens (including phenoxy) is 3. The van der Waals surface area contributed by atoms with E-state index >= 15 is 0 Å². The Morgan fingerprint density at radius 2 is 2.23 bits per heavy atom. The highest BCUT2D eigenvalue weighted by molar-refractivity contribution is 5.30. The van der Waals surface area contributed by atoms with E-state index in [1.807, 2.05) is 6.07 Å². The summed E-state index contributed by atoms with van der Waals surface area (Å²) in [7, 11) is 0. The molecule has 4 nitrogen and oxygen atoms in total. The Morgan fingerprint density at radius 3 is 3.00 bits per heavy atom. The fraction of sp³-hybridized carbons (Fsp3) is 0.625. The minimum absolute atomic E-state index is 0.0997. The average Bonchev–Trinajstić information content (AvgIpc) is 3.00. The van der Waals surface area contributed by atoms with Gasteiger partial charge in [-0.2, -0.15) is 8.78 Å². The van der Waals surface area contributed by atoms with Crippen LogP contribution in [0.5, 0.6) is 5.75 Å². The third-order valence-electron chi connectivity index (χ3n) is 4.15. The number of hydrogen-bond acceptors (Lipinski definition) is 4. The summed E-state index contributed by atoms with van der Waals surface area (Å²) in [5, 5.41) is 0. The van der Waals surface area contributed by atoms with Gasteiger partial charge in [-0.15, -0.1) is 0 Å². The Morgan fingerprint density at radius 1 is 1.32 bits per heavy atom. The molecule has 1 aromatic carbocycles. The molecule has 1 aromatic rings. The molecule has 22 heavy (non-hydrogen) atoms. The molecule has 2 aliphatic heterocycles. The molecule has 0 radical (unpaired) electrons. The summed E-state index contributed by atoms with van der Waals surface area (Å²) >= 11 is 0. The fourth-order valence-electron chi connectivity index (χ4n) is 3.05. The second-order valence-corrected chi connectivity index (χ2v) is 5.80. The number of morpholine rings is 1. The van der Waals surface area contributed by atoms with E-state index in [0.717, 1.165) is 44.8 Å². The molecule has 0 spiro atoms. The van der Waals surface area contributed by atoms with Crippen molar-refractivity contribution in [2.75, 3.05) is 39.5 Å². The van der Waals surface area contributed by atoms with Gasteiger partial charge in [0.15, 0.2) is 0 Å². The third-order valence-corrected chi connectivity index (χ3v) is 4.15. The van der Waals surface area contributed by atoms with Gasteiger partial charge in [-0.1, -0.05) is 12.1 Å². The highest BCUT2D eigenvalue weighted by Gasteiger charge is 2.26. The molecule has 6 heteroatoms. The van der Waals surface area contributed by atoms with Gasteiger partial charge >= 0.3 is 6.61 Å². The maximum Gasteiger partial charge on any atom is 0.387 e. The first-order valence-corrected chi connectivity index (χ1v) is 7.67. The van der Waals surface area contributed by atoms with Crippen molar-refractivity contribution < 1.29 is 23.0 Å². The van der Waals surface area contributed by atoms with E-state index in [1.165, 1.54) is 6.07 Å². The molecule has 0 saturated carbocycles. The number of nitrogens with zero attached hydrogens (tertiary/aromatic N) is 1. The Hall–Kier alpha value is -1.24. The smallest absolute Gasteiger partial charge is 0.387 e.